The van der Waals surface area contributed by atoms with E-state index in [9.17, 15) is 4.79 Å². The van der Waals surface area contributed by atoms with Crippen molar-refractivity contribution in [2.24, 2.45) is 5.92 Å². The van der Waals surface area contributed by atoms with Crippen LogP contribution in [0.1, 0.15) is 65.3 Å². The molecule has 4 nitrogen and oxygen atoms in total. The summed E-state index contributed by atoms with van der Waals surface area (Å²) < 4.78 is 5.32. The smallest absolute Gasteiger partial charge is 0.407 e. The predicted octanol–water partition coefficient (Wildman–Crippen LogP) is 4.73. The zero-order valence-electron chi connectivity index (χ0n) is 15.3. The molecule has 1 heterocycles. The highest BCUT2D eigenvalue weighted by Crippen LogP contribution is 2.23. The average Bonchev–Trinajstić information content (AvgIpc) is 2.93. The van der Waals surface area contributed by atoms with Crippen molar-refractivity contribution in [2.45, 2.75) is 72.1 Å². The first-order valence-corrected chi connectivity index (χ1v) is 9.35. The topological polar surface area (TPSA) is 50.4 Å². The van der Waals surface area contributed by atoms with Crippen LogP contribution in [0.25, 0.3) is 0 Å². The van der Waals surface area contributed by atoms with E-state index in [-0.39, 0.29) is 12.1 Å². The Morgan fingerprint density at radius 3 is 2.52 bits per heavy atom. The number of ether oxygens (including phenoxy) is 1. The minimum atomic E-state index is -0.464. The van der Waals surface area contributed by atoms with Gasteiger partial charge in [-0.2, -0.15) is 0 Å². The molecule has 132 valence electrons. The summed E-state index contributed by atoms with van der Waals surface area (Å²) in [5.41, 5.74) is -0.464. The third-order valence-electron chi connectivity index (χ3n) is 3.38. The molecule has 0 saturated carbocycles. The molecular formula is C18H32N2O2S. The van der Waals surface area contributed by atoms with Gasteiger partial charge in [0.2, 0.25) is 0 Å². The average molecular weight is 341 g/mol. The zero-order valence-corrected chi connectivity index (χ0v) is 16.1. The number of hydrogen-bond acceptors (Lipinski definition) is 4. The lowest BCUT2D eigenvalue weighted by molar-refractivity contribution is 0.0520. The van der Waals surface area contributed by atoms with Gasteiger partial charge in [0.05, 0.1) is 0 Å². The maximum atomic E-state index is 11.9. The second-order valence-corrected chi connectivity index (χ2v) is 8.33. The number of hydrogen-bond donors (Lipinski definition) is 2. The van der Waals surface area contributed by atoms with Gasteiger partial charge < -0.3 is 15.4 Å². The van der Waals surface area contributed by atoms with Crippen molar-refractivity contribution in [1.29, 1.82) is 0 Å². The molecule has 0 saturated heterocycles. The van der Waals surface area contributed by atoms with Crippen LogP contribution in [0.5, 0.6) is 0 Å². The first kappa shape index (κ1) is 20.0. The third kappa shape index (κ3) is 8.37. The molecule has 0 spiro atoms. The fraction of sp³-hybridized carbons (Fsp3) is 0.722. The quantitative estimate of drug-likeness (QED) is 0.719. The van der Waals surface area contributed by atoms with E-state index < -0.39 is 5.60 Å². The Hall–Kier alpha value is -1.07. The van der Waals surface area contributed by atoms with Crippen molar-refractivity contribution in [2.75, 3.05) is 6.54 Å². The number of carbonyl (C=O) groups is 1. The van der Waals surface area contributed by atoms with E-state index >= 15 is 0 Å². The molecule has 1 aromatic rings. The summed E-state index contributed by atoms with van der Waals surface area (Å²) in [4.78, 5) is 13.2. The number of rotatable bonds is 8. The molecule has 2 N–H and O–H groups in total. The van der Waals surface area contributed by atoms with Crippen LogP contribution in [-0.2, 0) is 4.74 Å². The Morgan fingerprint density at radius 1 is 1.35 bits per heavy atom. The molecule has 2 atom stereocenters. The standard InChI is InChI=1S/C18H32N2O2S/c1-7-15(16-9-8-10-23-16)20-14(11-13(2)3)12-19-17(21)22-18(4,5)6/h8-10,13-15,20H,7,11-12H2,1-6H3,(H,19,21). The minimum absolute atomic E-state index is 0.231. The number of thiophene rings is 1. The summed E-state index contributed by atoms with van der Waals surface area (Å²) in [6, 6.07) is 4.81. The normalized spacial score (nSPS) is 14.6. The van der Waals surface area contributed by atoms with Gasteiger partial charge in [-0.15, -0.1) is 11.3 Å². The lowest BCUT2D eigenvalue weighted by Gasteiger charge is -2.27. The molecule has 0 radical (unpaired) electrons. The van der Waals surface area contributed by atoms with E-state index in [4.69, 9.17) is 4.74 Å². The van der Waals surface area contributed by atoms with E-state index in [2.05, 4.69) is 48.9 Å². The predicted molar refractivity (Wildman–Crippen MR) is 98.0 cm³/mol. The molecule has 0 aromatic carbocycles. The summed E-state index contributed by atoms with van der Waals surface area (Å²) in [6.07, 6.45) is 1.69. The Kier molecular flexibility index (Phi) is 8.06. The summed E-state index contributed by atoms with van der Waals surface area (Å²) in [5.74, 6) is 0.564. The van der Waals surface area contributed by atoms with Crippen molar-refractivity contribution in [3.05, 3.63) is 22.4 Å². The maximum Gasteiger partial charge on any atom is 0.407 e. The number of amides is 1. The summed E-state index contributed by atoms with van der Waals surface area (Å²) >= 11 is 1.77. The van der Waals surface area contributed by atoms with E-state index in [0.717, 1.165) is 12.8 Å². The first-order chi connectivity index (χ1) is 10.7. The Labute approximate surface area is 145 Å². The van der Waals surface area contributed by atoms with E-state index in [1.54, 1.807) is 11.3 Å². The van der Waals surface area contributed by atoms with E-state index in [0.29, 0.717) is 18.5 Å². The molecular weight excluding hydrogens is 308 g/mol. The van der Waals surface area contributed by atoms with Crippen LogP contribution in [0.4, 0.5) is 4.79 Å². The van der Waals surface area contributed by atoms with Gasteiger partial charge in [0.15, 0.2) is 0 Å². The SMILES string of the molecule is CCC(NC(CNC(=O)OC(C)(C)C)CC(C)C)c1cccs1. The molecule has 0 aliphatic carbocycles. The fourth-order valence-corrected chi connectivity index (χ4v) is 3.35. The van der Waals surface area contributed by atoms with Crippen LogP contribution >= 0.6 is 11.3 Å². The Bertz CT molecular complexity index is 452. The second-order valence-electron chi connectivity index (χ2n) is 7.35. The van der Waals surface area contributed by atoms with Gasteiger partial charge in [0.1, 0.15) is 5.60 Å². The fourth-order valence-electron chi connectivity index (χ4n) is 2.48. The minimum Gasteiger partial charge on any atom is -0.444 e. The van der Waals surface area contributed by atoms with Crippen molar-refractivity contribution in [1.82, 2.24) is 10.6 Å². The lowest BCUT2D eigenvalue weighted by atomic mass is 10.0. The molecule has 0 aliphatic rings. The van der Waals surface area contributed by atoms with Crippen molar-refractivity contribution in [3.63, 3.8) is 0 Å². The molecule has 0 aliphatic heterocycles. The molecule has 5 heteroatoms. The van der Waals surface area contributed by atoms with Crippen molar-refractivity contribution in [3.8, 4) is 0 Å². The molecule has 1 rings (SSSR count). The van der Waals surface area contributed by atoms with Crippen LogP contribution in [0.3, 0.4) is 0 Å². The molecule has 23 heavy (non-hydrogen) atoms. The largest absolute Gasteiger partial charge is 0.444 e. The number of nitrogens with one attached hydrogen (secondary N) is 2. The monoisotopic (exact) mass is 340 g/mol. The maximum absolute atomic E-state index is 11.9. The highest BCUT2D eigenvalue weighted by Gasteiger charge is 2.20. The van der Waals surface area contributed by atoms with Gasteiger partial charge in [0, 0.05) is 23.5 Å². The van der Waals surface area contributed by atoms with Gasteiger partial charge in [-0.05, 0) is 51.0 Å². The number of carbonyl (C=O) groups excluding carboxylic acids is 1. The molecule has 0 bridgehead atoms. The highest BCUT2D eigenvalue weighted by molar-refractivity contribution is 7.10. The van der Waals surface area contributed by atoms with Gasteiger partial charge >= 0.3 is 6.09 Å². The van der Waals surface area contributed by atoms with E-state index in [1.807, 2.05) is 20.8 Å². The van der Waals surface area contributed by atoms with E-state index in [1.165, 1.54) is 4.88 Å². The zero-order chi connectivity index (χ0) is 17.5. The van der Waals surface area contributed by atoms with Gasteiger partial charge in [-0.25, -0.2) is 4.79 Å². The third-order valence-corrected chi connectivity index (χ3v) is 4.37. The van der Waals surface area contributed by atoms with Crippen LogP contribution in [-0.4, -0.2) is 24.3 Å². The second kappa shape index (κ2) is 9.28. The lowest BCUT2D eigenvalue weighted by Crippen LogP contribution is -2.44. The molecule has 1 aromatic heterocycles. The van der Waals surface area contributed by atoms with Crippen molar-refractivity contribution >= 4 is 17.4 Å². The molecule has 0 fully saturated rings. The molecule has 2 unspecified atom stereocenters. The molecule has 1 amide bonds. The van der Waals surface area contributed by atoms with Crippen LogP contribution in [0.2, 0.25) is 0 Å². The van der Waals surface area contributed by atoms with Crippen molar-refractivity contribution < 1.29 is 9.53 Å². The summed E-state index contributed by atoms with van der Waals surface area (Å²) in [5, 5.41) is 8.70. The Balaban J connectivity index is 2.59. The van der Waals surface area contributed by atoms with Crippen LogP contribution in [0.15, 0.2) is 17.5 Å². The van der Waals surface area contributed by atoms with Gasteiger partial charge in [-0.3, -0.25) is 0 Å². The summed E-state index contributed by atoms with van der Waals surface area (Å²) in [7, 11) is 0. The number of alkyl carbamates (subject to hydrolysis) is 1. The van der Waals surface area contributed by atoms with Crippen LogP contribution in [0, 0.1) is 5.92 Å². The Morgan fingerprint density at radius 2 is 2.04 bits per heavy atom. The van der Waals surface area contributed by atoms with Gasteiger partial charge in [-0.1, -0.05) is 26.8 Å². The van der Waals surface area contributed by atoms with Gasteiger partial charge in [0.25, 0.3) is 0 Å². The highest BCUT2D eigenvalue weighted by atomic mass is 32.1. The van der Waals surface area contributed by atoms with Crippen LogP contribution < -0.4 is 10.6 Å². The summed E-state index contributed by atoms with van der Waals surface area (Å²) in [6.45, 7) is 12.8. The first-order valence-electron chi connectivity index (χ1n) is 8.47.